The van der Waals surface area contributed by atoms with Crippen molar-refractivity contribution in [3.8, 4) is 0 Å². The van der Waals surface area contributed by atoms with Crippen LogP contribution in [0.4, 0.5) is 17.1 Å². The average Bonchev–Trinajstić information content (AvgIpc) is 3.26. The fraction of sp³-hybridized carbons (Fsp3) is 0.259. The van der Waals surface area contributed by atoms with Crippen LogP contribution in [-0.4, -0.2) is 39.0 Å². The van der Waals surface area contributed by atoms with Gasteiger partial charge in [-0.2, -0.15) is 0 Å². The summed E-state index contributed by atoms with van der Waals surface area (Å²) in [6.07, 6.45) is 0.949. The summed E-state index contributed by atoms with van der Waals surface area (Å²) in [7, 11) is 4.01. The van der Waals surface area contributed by atoms with Crippen LogP contribution in [0.5, 0.6) is 0 Å². The van der Waals surface area contributed by atoms with Gasteiger partial charge in [0.15, 0.2) is 0 Å². The Morgan fingerprint density at radius 2 is 1.76 bits per heavy atom. The largest absolute Gasteiger partial charge is 0.378 e. The fourth-order valence-corrected chi connectivity index (χ4v) is 4.40. The van der Waals surface area contributed by atoms with E-state index in [9.17, 15) is 9.59 Å². The van der Waals surface area contributed by atoms with Gasteiger partial charge in [-0.3, -0.25) is 9.59 Å². The minimum absolute atomic E-state index is 0.106. The third-order valence-corrected chi connectivity index (χ3v) is 6.59. The molecule has 0 saturated carbocycles. The Hall–Kier alpha value is -3.51. The maximum Gasteiger partial charge on any atom is 0.313 e. The van der Waals surface area contributed by atoms with Gasteiger partial charge in [0.2, 0.25) is 0 Å². The van der Waals surface area contributed by atoms with E-state index in [2.05, 4.69) is 51.9 Å². The molecule has 0 aromatic heterocycles. The van der Waals surface area contributed by atoms with Gasteiger partial charge in [-0.1, -0.05) is 48.0 Å². The van der Waals surface area contributed by atoms with Crippen molar-refractivity contribution >= 4 is 40.5 Å². The number of halogens is 1. The van der Waals surface area contributed by atoms with Gasteiger partial charge in [0, 0.05) is 49.3 Å². The van der Waals surface area contributed by atoms with Gasteiger partial charge in [0.25, 0.3) is 0 Å². The van der Waals surface area contributed by atoms with Crippen LogP contribution >= 0.6 is 11.6 Å². The maximum absolute atomic E-state index is 12.7. The van der Waals surface area contributed by atoms with E-state index in [1.54, 1.807) is 18.2 Å². The van der Waals surface area contributed by atoms with Crippen molar-refractivity contribution in [3.05, 3.63) is 88.4 Å². The van der Waals surface area contributed by atoms with Crippen molar-refractivity contribution in [3.63, 3.8) is 0 Å². The molecule has 0 saturated heterocycles. The lowest BCUT2D eigenvalue weighted by Crippen LogP contribution is -2.41. The third-order valence-electron chi connectivity index (χ3n) is 6.19. The highest BCUT2D eigenvalue weighted by Gasteiger charge is 2.28. The standard InChI is InChI=1S/C27H29ClN4O2/c1-18-8-11-21(16-23(18)28)30-27(34)26(33)29-17-25(20-9-12-22(13-10-20)31(2)3)32-15-14-19-6-4-5-7-24(19)32/h4-13,16,25H,14-15,17H2,1-3H3,(H,29,33)(H,30,34). The molecule has 7 heteroatoms. The van der Waals surface area contributed by atoms with Crippen LogP contribution < -0.4 is 20.4 Å². The van der Waals surface area contributed by atoms with E-state index in [0.717, 1.165) is 35.5 Å². The lowest BCUT2D eigenvalue weighted by molar-refractivity contribution is -0.136. The first-order chi connectivity index (χ1) is 16.3. The van der Waals surface area contributed by atoms with E-state index in [0.29, 0.717) is 17.3 Å². The SMILES string of the molecule is Cc1ccc(NC(=O)C(=O)NCC(c2ccc(N(C)C)cc2)N2CCc3ccccc32)cc1Cl. The first kappa shape index (κ1) is 23.6. The number of nitrogens with one attached hydrogen (secondary N) is 2. The van der Waals surface area contributed by atoms with E-state index in [-0.39, 0.29) is 6.04 Å². The number of para-hydroxylation sites is 1. The Labute approximate surface area is 205 Å². The predicted octanol–water partition coefficient (Wildman–Crippen LogP) is 4.57. The zero-order valence-electron chi connectivity index (χ0n) is 19.6. The van der Waals surface area contributed by atoms with Crippen molar-refractivity contribution in [1.29, 1.82) is 0 Å². The molecule has 0 aliphatic carbocycles. The number of fused-ring (bicyclic) bond motifs is 1. The molecule has 4 rings (SSSR count). The van der Waals surface area contributed by atoms with E-state index >= 15 is 0 Å². The van der Waals surface area contributed by atoms with Gasteiger partial charge < -0.3 is 20.4 Å². The van der Waals surface area contributed by atoms with Crippen molar-refractivity contribution in [1.82, 2.24) is 5.32 Å². The molecule has 3 aromatic rings. The van der Waals surface area contributed by atoms with Crippen molar-refractivity contribution in [2.45, 2.75) is 19.4 Å². The van der Waals surface area contributed by atoms with Gasteiger partial charge in [-0.25, -0.2) is 0 Å². The van der Waals surface area contributed by atoms with Crippen molar-refractivity contribution in [2.24, 2.45) is 0 Å². The summed E-state index contributed by atoms with van der Waals surface area (Å²) in [6.45, 7) is 3.03. The highest BCUT2D eigenvalue weighted by molar-refractivity contribution is 6.40. The lowest BCUT2D eigenvalue weighted by atomic mass is 10.0. The van der Waals surface area contributed by atoms with Crippen molar-refractivity contribution < 1.29 is 9.59 Å². The minimum atomic E-state index is -0.719. The predicted molar refractivity (Wildman–Crippen MR) is 139 cm³/mol. The second kappa shape index (κ2) is 10.2. The fourth-order valence-electron chi connectivity index (χ4n) is 4.22. The highest BCUT2D eigenvalue weighted by Crippen LogP contribution is 2.35. The van der Waals surface area contributed by atoms with Gasteiger partial charge >= 0.3 is 11.8 Å². The Bertz CT molecular complexity index is 1190. The van der Waals surface area contributed by atoms with Crippen LogP contribution in [0.25, 0.3) is 0 Å². The maximum atomic E-state index is 12.7. The molecule has 1 heterocycles. The Morgan fingerprint density at radius 3 is 2.47 bits per heavy atom. The quantitative estimate of drug-likeness (QED) is 0.511. The summed E-state index contributed by atoms with van der Waals surface area (Å²) in [4.78, 5) is 29.5. The number of rotatable bonds is 6. The molecule has 3 aromatic carbocycles. The van der Waals surface area contributed by atoms with Crippen LogP contribution in [-0.2, 0) is 16.0 Å². The number of anilines is 3. The summed E-state index contributed by atoms with van der Waals surface area (Å²) < 4.78 is 0. The monoisotopic (exact) mass is 476 g/mol. The topological polar surface area (TPSA) is 64.7 Å². The number of aryl methyl sites for hydroxylation is 1. The molecule has 0 radical (unpaired) electrons. The van der Waals surface area contributed by atoms with Gasteiger partial charge in [0.1, 0.15) is 0 Å². The number of benzene rings is 3. The summed E-state index contributed by atoms with van der Waals surface area (Å²) in [5, 5.41) is 5.99. The van der Waals surface area contributed by atoms with Crippen LogP contribution in [0, 0.1) is 6.92 Å². The second-order valence-corrected chi connectivity index (χ2v) is 9.11. The van der Waals surface area contributed by atoms with Gasteiger partial charge in [-0.05, 0) is 60.4 Å². The summed E-state index contributed by atoms with van der Waals surface area (Å²) >= 11 is 6.13. The molecule has 1 aliphatic rings. The first-order valence-corrected chi connectivity index (χ1v) is 11.7. The third kappa shape index (κ3) is 5.18. The summed E-state index contributed by atoms with van der Waals surface area (Å²) in [6, 6.07) is 21.7. The van der Waals surface area contributed by atoms with E-state index < -0.39 is 11.8 Å². The molecular formula is C27H29ClN4O2. The molecule has 176 valence electrons. The first-order valence-electron chi connectivity index (χ1n) is 11.3. The van der Waals surface area contributed by atoms with Crippen LogP contribution in [0.1, 0.15) is 22.7 Å². The number of carbonyl (C=O) groups is 2. The number of hydrogen-bond donors (Lipinski definition) is 2. The van der Waals surface area contributed by atoms with E-state index in [1.807, 2.05) is 38.1 Å². The molecule has 1 aliphatic heterocycles. The zero-order chi connectivity index (χ0) is 24.2. The summed E-state index contributed by atoms with van der Waals surface area (Å²) in [5.74, 6) is -1.40. The van der Waals surface area contributed by atoms with Gasteiger partial charge in [-0.15, -0.1) is 0 Å². The number of hydrogen-bond acceptors (Lipinski definition) is 4. The minimum Gasteiger partial charge on any atom is -0.378 e. The van der Waals surface area contributed by atoms with E-state index in [1.165, 1.54) is 5.56 Å². The molecule has 2 amide bonds. The molecular weight excluding hydrogens is 448 g/mol. The summed E-state index contributed by atoms with van der Waals surface area (Å²) in [5.41, 5.74) is 6.02. The van der Waals surface area contributed by atoms with Crippen LogP contribution in [0.3, 0.4) is 0 Å². The Balaban J connectivity index is 1.51. The smallest absolute Gasteiger partial charge is 0.313 e. The molecule has 0 fully saturated rings. The van der Waals surface area contributed by atoms with E-state index in [4.69, 9.17) is 11.6 Å². The molecule has 34 heavy (non-hydrogen) atoms. The number of carbonyl (C=O) groups excluding carboxylic acids is 2. The zero-order valence-corrected chi connectivity index (χ0v) is 20.4. The second-order valence-electron chi connectivity index (χ2n) is 8.70. The Morgan fingerprint density at radius 1 is 1.03 bits per heavy atom. The Kier molecular flexibility index (Phi) is 7.08. The number of nitrogens with zero attached hydrogens (tertiary/aromatic N) is 2. The van der Waals surface area contributed by atoms with Gasteiger partial charge in [0.05, 0.1) is 6.04 Å². The van der Waals surface area contributed by atoms with Crippen LogP contribution in [0.15, 0.2) is 66.7 Å². The number of amides is 2. The molecule has 1 unspecified atom stereocenters. The highest BCUT2D eigenvalue weighted by atomic mass is 35.5. The normalized spacial score (nSPS) is 13.2. The molecule has 0 bridgehead atoms. The molecule has 0 spiro atoms. The lowest BCUT2D eigenvalue weighted by Gasteiger charge is -2.31. The average molecular weight is 477 g/mol. The molecule has 1 atom stereocenters. The molecule has 6 nitrogen and oxygen atoms in total. The van der Waals surface area contributed by atoms with Crippen molar-refractivity contribution in [2.75, 3.05) is 42.3 Å². The molecule has 2 N–H and O–H groups in total. The van der Waals surface area contributed by atoms with Crippen LogP contribution in [0.2, 0.25) is 5.02 Å².